The van der Waals surface area contributed by atoms with Crippen LogP contribution in [0.1, 0.15) is 27.7 Å². The van der Waals surface area contributed by atoms with Gasteiger partial charge in [-0.15, -0.1) is 0 Å². The highest BCUT2D eigenvalue weighted by Gasteiger charge is 2.31. The van der Waals surface area contributed by atoms with E-state index in [0.29, 0.717) is 25.2 Å². The van der Waals surface area contributed by atoms with Gasteiger partial charge in [-0.05, 0) is 39.8 Å². The number of carbonyl (C=O) groups excluding carboxylic acids is 1. The number of amides is 1. The molecule has 7 heteroatoms. The van der Waals surface area contributed by atoms with E-state index in [1.807, 2.05) is 45.9 Å². The van der Waals surface area contributed by atoms with Crippen molar-refractivity contribution < 1.29 is 13.9 Å². The summed E-state index contributed by atoms with van der Waals surface area (Å²) in [6.45, 7) is 9.61. The maximum absolute atomic E-state index is 12.3. The Morgan fingerprint density at radius 1 is 1.28 bits per heavy atom. The number of rotatable bonds is 1. The maximum atomic E-state index is 12.3. The van der Waals surface area contributed by atoms with Crippen molar-refractivity contribution in [2.45, 2.75) is 39.3 Å². The Labute approximate surface area is 146 Å². The molecule has 1 amide bonds. The Morgan fingerprint density at radius 3 is 2.64 bits per heavy atom. The maximum Gasteiger partial charge on any atom is 0.419 e. The molecule has 1 aliphatic rings. The molecule has 136 valence electrons. The third-order valence-electron chi connectivity index (χ3n) is 4.40. The minimum Gasteiger partial charge on any atom is -0.444 e. The van der Waals surface area contributed by atoms with E-state index in [1.165, 1.54) is 4.57 Å². The zero-order chi connectivity index (χ0) is 18.4. The Morgan fingerprint density at radius 2 is 2.00 bits per heavy atom. The number of aromatic nitrogens is 1. The Kier molecular flexibility index (Phi) is 4.26. The predicted molar refractivity (Wildman–Crippen MR) is 96.1 cm³/mol. The fraction of sp³-hybridized carbons (Fsp3) is 0.556. The smallest absolute Gasteiger partial charge is 0.419 e. The van der Waals surface area contributed by atoms with Gasteiger partial charge in [0.15, 0.2) is 5.58 Å². The van der Waals surface area contributed by atoms with E-state index in [1.54, 1.807) is 11.9 Å². The minimum atomic E-state index is -0.496. The first-order valence-electron chi connectivity index (χ1n) is 8.50. The fourth-order valence-electron chi connectivity index (χ4n) is 3.10. The number of piperazine rings is 1. The fourth-order valence-corrected chi connectivity index (χ4v) is 3.10. The lowest BCUT2D eigenvalue weighted by atomic mass is 10.1. The molecule has 7 nitrogen and oxygen atoms in total. The second-order valence-corrected chi connectivity index (χ2v) is 7.55. The molecule has 0 radical (unpaired) electrons. The number of ether oxygens (including phenoxy) is 1. The minimum absolute atomic E-state index is 0.0297. The van der Waals surface area contributed by atoms with Crippen LogP contribution in [-0.4, -0.2) is 46.8 Å². The van der Waals surface area contributed by atoms with Crippen molar-refractivity contribution in [2.75, 3.05) is 24.5 Å². The van der Waals surface area contributed by atoms with Crippen LogP contribution in [0.15, 0.2) is 27.4 Å². The quantitative estimate of drug-likeness (QED) is 0.793. The van der Waals surface area contributed by atoms with E-state index in [0.717, 1.165) is 11.2 Å². The van der Waals surface area contributed by atoms with Crippen molar-refractivity contribution in [3.63, 3.8) is 0 Å². The zero-order valence-corrected chi connectivity index (χ0v) is 15.4. The topological polar surface area (TPSA) is 67.9 Å². The van der Waals surface area contributed by atoms with Gasteiger partial charge >= 0.3 is 11.8 Å². The molecule has 1 atom stereocenters. The third-order valence-corrected chi connectivity index (χ3v) is 4.40. The van der Waals surface area contributed by atoms with Gasteiger partial charge in [0.25, 0.3) is 0 Å². The number of hydrogen-bond donors (Lipinski definition) is 0. The van der Waals surface area contributed by atoms with Gasteiger partial charge in [-0.25, -0.2) is 9.59 Å². The van der Waals surface area contributed by atoms with Crippen LogP contribution < -0.4 is 10.7 Å². The van der Waals surface area contributed by atoms with Gasteiger partial charge in [0.05, 0.1) is 5.52 Å². The van der Waals surface area contributed by atoms with Crippen LogP contribution >= 0.6 is 0 Å². The highest BCUT2D eigenvalue weighted by atomic mass is 16.6. The number of hydrogen-bond acceptors (Lipinski definition) is 5. The molecule has 3 rings (SSSR count). The largest absolute Gasteiger partial charge is 0.444 e. The Bertz CT molecular complexity index is 846. The molecule has 0 saturated carbocycles. The molecular formula is C18H25N3O4. The first-order valence-corrected chi connectivity index (χ1v) is 8.50. The average Bonchev–Trinajstić information content (AvgIpc) is 2.79. The number of carbonyl (C=O) groups is 1. The van der Waals surface area contributed by atoms with Crippen LogP contribution in [0.3, 0.4) is 0 Å². The molecule has 1 fully saturated rings. The second kappa shape index (κ2) is 6.13. The molecule has 0 aliphatic carbocycles. The molecule has 1 aromatic heterocycles. The van der Waals surface area contributed by atoms with Crippen molar-refractivity contribution in [3.05, 3.63) is 28.7 Å². The van der Waals surface area contributed by atoms with Gasteiger partial charge in [-0.3, -0.25) is 4.57 Å². The lowest BCUT2D eigenvalue weighted by Gasteiger charge is -2.41. The lowest BCUT2D eigenvalue weighted by Crippen LogP contribution is -2.55. The van der Waals surface area contributed by atoms with Crippen LogP contribution in [0.2, 0.25) is 0 Å². The Balaban J connectivity index is 1.74. The molecule has 1 aliphatic heterocycles. The summed E-state index contributed by atoms with van der Waals surface area (Å²) in [7, 11) is 1.69. The van der Waals surface area contributed by atoms with Crippen LogP contribution in [0, 0.1) is 0 Å². The van der Waals surface area contributed by atoms with Gasteiger partial charge in [0.2, 0.25) is 0 Å². The standard InChI is InChI=1S/C18H25N3O4/c1-12-11-20(8-9-21(12)17(23)25-18(2,3)4)13-6-7-14-15(10-13)24-16(22)19(14)5/h6-7,10,12H,8-9,11H2,1-5H3/t12-/m1/s1. The first kappa shape index (κ1) is 17.4. The van der Waals surface area contributed by atoms with Crippen LogP contribution in [-0.2, 0) is 11.8 Å². The third kappa shape index (κ3) is 3.50. The Hall–Kier alpha value is -2.44. The average molecular weight is 347 g/mol. The zero-order valence-electron chi connectivity index (χ0n) is 15.4. The summed E-state index contributed by atoms with van der Waals surface area (Å²) in [6, 6.07) is 5.78. The predicted octanol–water partition coefficient (Wildman–Crippen LogP) is 2.58. The summed E-state index contributed by atoms with van der Waals surface area (Å²) >= 11 is 0. The van der Waals surface area contributed by atoms with Crippen molar-refractivity contribution >= 4 is 22.9 Å². The molecule has 1 saturated heterocycles. The van der Waals surface area contributed by atoms with Crippen molar-refractivity contribution in [1.82, 2.24) is 9.47 Å². The van der Waals surface area contributed by atoms with Crippen LogP contribution in [0.5, 0.6) is 0 Å². The van der Waals surface area contributed by atoms with Gasteiger partial charge in [0, 0.05) is 44.5 Å². The molecule has 0 N–H and O–H groups in total. The summed E-state index contributed by atoms with van der Waals surface area (Å²) in [5.74, 6) is -0.365. The molecule has 2 heterocycles. The molecule has 0 bridgehead atoms. The number of benzene rings is 1. The van der Waals surface area contributed by atoms with Gasteiger partial charge in [-0.2, -0.15) is 0 Å². The van der Waals surface area contributed by atoms with E-state index in [-0.39, 0.29) is 17.9 Å². The van der Waals surface area contributed by atoms with Gasteiger partial charge < -0.3 is 19.0 Å². The molecule has 1 aromatic carbocycles. The number of oxazole rings is 1. The molecule has 25 heavy (non-hydrogen) atoms. The molecular weight excluding hydrogens is 322 g/mol. The number of aryl methyl sites for hydroxylation is 1. The van der Waals surface area contributed by atoms with Crippen molar-refractivity contribution in [2.24, 2.45) is 7.05 Å². The summed E-state index contributed by atoms with van der Waals surface area (Å²) in [5.41, 5.74) is 1.84. The van der Waals surface area contributed by atoms with E-state index in [2.05, 4.69) is 4.90 Å². The highest BCUT2D eigenvalue weighted by Crippen LogP contribution is 2.24. The number of fused-ring (bicyclic) bond motifs is 1. The number of anilines is 1. The monoisotopic (exact) mass is 347 g/mol. The van der Waals surface area contributed by atoms with Crippen molar-refractivity contribution in [3.8, 4) is 0 Å². The SMILES string of the molecule is C[C@@H]1CN(c2ccc3c(c2)oc(=O)n3C)CCN1C(=O)OC(C)(C)C. The van der Waals surface area contributed by atoms with E-state index < -0.39 is 5.60 Å². The molecule has 0 spiro atoms. The second-order valence-electron chi connectivity index (χ2n) is 7.55. The van der Waals surface area contributed by atoms with Crippen LogP contribution in [0.25, 0.3) is 11.1 Å². The van der Waals surface area contributed by atoms with Crippen LogP contribution in [0.4, 0.5) is 10.5 Å². The summed E-state index contributed by atoms with van der Waals surface area (Å²) < 4.78 is 12.2. The first-order chi connectivity index (χ1) is 11.7. The highest BCUT2D eigenvalue weighted by molar-refractivity contribution is 5.78. The lowest BCUT2D eigenvalue weighted by molar-refractivity contribution is 0.0159. The van der Waals surface area contributed by atoms with E-state index in [4.69, 9.17) is 9.15 Å². The molecule has 2 aromatic rings. The number of nitrogens with zero attached hydrogens (tertiary/aromatic N) is 3. The summed E-state index contributed by atoms with van der Waals surface area (Å²) in [5, 5.41) is 0. The van der Waals surface area contributed by atoms with E-state index >= 15 is 0 Å². The normalized spacial score (nSPS) is 18.7. The summed E-state index contributed by atoms with van der Waals surface area (Å²) in [4.78, 5) is 27.9. The van der Waals surface area contributed by atoms with E-state index in [9.17, 15) is 9.59 Å². The molecule has 0 unspecified atom stereocenters. The summed E-state index contributed by atoms with van der Waals surface area (Å²) in [6.07, 6.45) is -0.274. The van der Waals surface area contributed by atoms with Crippen molar-refractivity contribution in [1.29, 1.82) is 0 Å². The van der Waals surface area contributed by atoms with Gasteiger partial charge in [0.1, 0.15) is 5.60 Å². The van der Waals surface area contributed by atoms with Gasteiger partial charge in [-0.1, -0.05) is 0 Å².